The molecule has 1 aliphatic heterocycles. The first-order chi connectivity index (χ1) is 9.13. The summed E-state index contributed by atoms with van der Waals surface area (Å²) in [5.41, 5.74) is 12.5. The highest BCUT2D eigenvalue weighted by Gasteiger charge is 2.41. The van der Waals surface area contributed by atoms with E-state index in [4.69, 9.17) is 26.0 Å². The van der Waals surface area contributed by atoms with E-state index < -0.39 is 30.6 Å². The summed E-state index contributed by atoms with van der Waals surface area (Å²) in [6.07, 6.45) is -2.42. The third kappa shape index (κ3) is 3.30. The van der Waals surface area contributed by atoms with Crippen molar-refractivity contribution in [1.29, 1.82) is 0 Å². The van der Waals surface area contributed by atoms with Crippen LogP contribution < -0.4 is 11.5 Å². The van der Waals surface area contributed by atoms with Crippen molar-refractivity contribution in [3.8, 4) is 0 Å². The summed E-state index contributed by atoms with van der Waals surface area (Å²) in [7, 11) is 0. The zero-order valence-electron chi connectivity index (χ0n) is 10.6. The molecule has 0 radical (unpaired) electrons. The molecule has 1 saturated heterocycles. The van der Waals surface area contributed by atoms with E-state index in [1.165, 1.54) is 0 Å². The summed E-state index contributed by atoms with van der Waals surface area (Å²) in [4.78, 5) is 0. The second-order valence-electron chi connectivity index (χ2n) is 4.67. The fourth-order valence-corrected chi connectivity index (χ4v) is 2.06. The lowest BCUT2D eigenvalue weighted by molar-refractivity contribution is -0.242. The minimum Gasteiger partial charge on any atom is -0.394 e. The molecule has 5 atom stereocenters. The minimum atomic E-state index is -0.966. The molecular weight excluding hydrogens is 248 g/mol. The summed E-state index contributed by atoms with van der Waals surface area (Å²) in [6.45, 7) is 0.0372. The molecule has 1 heterocycles. The Bertz CT molecular complexity index is 387. The zero-order chi connectivity index (χ0) is 13.8. The summed E-state index contributed by atoms with van der Waals surface area (Å²) in [5.74, 6) is 0. The lowest BCUT2D eigenvalue weighted by Crippen LogP contribution is -2.65. The molecule has 1 aromatic rings. The predicted octanol–water partition coefficient (Wildman–Crippen LogP) is -1.06. The lowest BCUT2D eigenvalue weighted by atomic mass is 9.96. The molecule has 0 saturated carbocycles. The van der Waals surface area contributed by atoms with E-state index in [-0.39, 0.29) is 6.61 Å². The molecule has 0 bridgehead atoms. The van der Waals surface area contributed by atoms with Gasteiger partial charge in [0.15, 0.2) is 6.29 Å². The predicted molar refractivity (Wildman–Crippen MR) is 68.9 cm³/mol. The van der Waals surface area contributed by atoms with Gasteiger partial charge in [-0.25, -0.2) is 0 Å². The molecule has 0 aliphatic carbocycles. The average Bonchev–Trinajstić information content (AvgIpc) is 2.45. The maximum Gasteiger partial charge on any atom is 0.176 e. The zero-order valence-corrected chi connectivity index (χ0v) is 10.6. The Morgan fingerprint density at radius 1 is 1.16 bits per heavy atom. The quantitative estimate of drug-likeness (QED) is 0.554. The van der Waals surface area contributed by atoms with Gasteiger partial charge in [0.1, 0.15) is 6.10 Å². The second kappa shape index (κ2) is 6.42. The van der Waals surface area contributed by atoms with Crippen LogP contribution in [0.4, 0.5) is 0 Å². The Hall–Kier alpha value is -1.02. The topological polar surface area (TPSA) is 111 Å². The van der Waals surface area contributed by atoms with Crippen LogP contribution in [0.25, 0.3) is 0 Å². The summed E-state index contributed by atoms with van der Waals surface area (Å²) in [5, 5.41) is 19.1. The second-order valence-corrected chi connectivity index (χ2v) is 4.67. The Morgan fingerprint density at radius 3 is 2.47 bits per heavy atom. The van der Waals surface area contributed by atoms with E-state index in [0.29, 0.717) is 6.61 Å². The van der Waals surface area contributed by atoms with Crippen LogP contribution in [0.3, 0.4) is 0 Å². The van der Waals surface area contributed by atoms with Gasteiger partial charge in [-0.05, 0) is 5.56 Å². The van der Waals surface area contributed by atoms with E-state index in [1.807, 2.05) is 30.3 Å². The highest BCUT2D eigenvalue weighted by Crippen LogP contribution is 2.20. The monoisotopic (exact) mass is 268 g/mol. The van der Waals surface area contributed by atoms with Crippen molar-refractivity contribution in [2.24, 2.45) is 11.5 Å². The molecule has 6 nitrogen and oxygen atoms in total. The van der Waals surface area contributed by atoms with Gasteiger partial charge in [-0.1, -0.05) is 30.3 Å². The van der Waals surface area contributed by atoms with Gasteiger partial charge in [-0.2, -0.15) is 0 Å². The van der Waals surface area contributed by atoms with E-state index in [1.54, 1.807) is 0 Å². The van der Waals surface area contributed by atoms with Gasteiger partial charge >= 0.3 is 0 Å². The molecule has 1 aromatic carbocycles. The lowest BCUT2D eigenvalue weighted by Gasteiger charge is -2.41. The van der Waals surface area contributed by atoms with Crippen LogP contribution in [-0.4, -0.2) is 47.4 Å². The van der Waals surface area contributed by atoms with E-state index >= 15 is 0 Å². The molecule has 1 fully saturated rings. The molecule has 6 heteroatoms. The first-order valence-corrected chi connectivity index (χ1v) is 6.24. The van der Waals surface area contributed by atoms with Crippen molar-refractivity contribution in [1.82, 2.24) is 0 Å². The van der Waals surface area contributed by atoms with Gasteiger partial charge in [-0.3, -0.25) is 0 Å². The molecular formula is C13H20N2O4. The number of hydrogen-bond acceptors (Lipinski definition) is 6. The van der Waals surface area contributed by atoms with Gasteiger partial charge in [0.25, 0.3) is 0 Å². The minimum absolute atomic E-state index is 0.282. The Morgan fingerprint density at radius 2 is 1.84 bits per heavy atom. The summed E-state index contributed by atoms with van der Waals surface area (Å²) in [6, 6.07) is 8.11. The summed E-state index contributed by atoms with van der Waals surface area (Å²) < 4.78 is 11.0. The van der Waals surface area contributed by atoms with Crippen molar-refractivity contribution in [2.45, 2.75) is 37.2 Å². The molecule has 1 aliphatic rings. The molecule has 0 amide bonds. The number of aliphatic hydroxyl groups excluding tert-OH is 2. The number of ether oxygens (including phenoxy) is 2. The van der Waals surface area contributed by atoms with Crippen molar-refractivity contribution in [3.63, 3.8) is 0 Å². The number of hydrogen-bond donors (Lipinski definition) is 4. The number of nitrogens with two attached hydrogens (primary N) is 2. The van der Waals surface area contributed by atoms with Crippen LogP contribution in [0.1, 0.15) is 5.56 Å². The third-order valence-corrected chi connectivity index (χ3v) is 3.28. The van der Waals surface area contributed by atoms with Gasteiger partial charge < -0.3 is 31.2 Å². The van der Waals surface area contributed by atoms with Crippen LogP contribution in [-0.2, 0) is 16.1 Å². The van der Waals surface area contributed by atoms with Crippen molar-refractivity contribution in [3.05, 3.63) is 35.9 Å². The fourth-order valence-electron chi connectivity index (χ4n) is 2.06. The fraction of sp³-hybridized carbons (Fsp3) is 0.538. The van der Waals surface area contributed by atoms with Crippen LogP contribution in [0.15, 0.2) is 30.3 Å². The van der Waals surface area contributed by atoms with E-state index in [0.717, 1.165) is 5.56 Å². The molecule has 0 aromatic heterocycles. The van der Waals surface area contributed by atoms with Crippen LogP contribution in [0, 0.1) is 0 Å². The molecule has 6 N–H and O–H groups in total. The molecule has 0 unspecified atom stereocenters. The van der Waals surface area contributed by atoms with Gasteiger partial charge in [0, 0.05) is 0 Å². The maximum absolute atomic E-state index is 9.89. The van der Waals surface area contributed by atoms with Gasteiger partial charge in [0.05, 0.1) is 31.4 Å². The number of benzene rings is 1. The molecule has 19 heavy (non-hydrogen) atoms. The number of aliphatic hydroxyl groups is 2. The van der Waals surface area contributed by atoms with E-state index in [9.17, 15) is 5.11 Å². The van der Waals surface area contributed by atoms with Crippen LogP contribution in [0.2, 0.25) is 0 Å². The van der Waals surface area contributed by atoms with Gasteiger partial charge in [-0.15, -0.1) is 0 Å². The van der Waals surface area contributed by atoms with Crippen LogP contribution in [0.5, 0.6) is 0 Å². The van der Waals surface area contributed by atoms with Crippen molar-refractivity contribution in [2.75, 3.05) is 6.61 Å². The Balaban J connectivity index is 1.95. The van der Waals surface area contributed by atoms with Crippen LogP contribution >= 0.6 is 0 Å². The Kier molecular flexibility index (Phi) is 4.87. The van der Waals surface area contributed by atoms with E-state index in [2.05, 4.69) is 0 Å². The third-order valence-electron chi connectivity index (χ3n) is 3.28. The number of rotatable bonds is 4. The standard InChI is InChI=1S/C13H20N2O4/c14-10-9(6-16)19-13(11(15)12(10)17)18-7-8-4-2-1-3-5-8/h1-5,9-13,16-17H,6-7,14-15H2/t9-,10+,11+,12+,13+/m1/s1. The largest absolute Gasteiger partial charge is 0.394 e. The SMILES string of the molecule is N[C@@H]1[C@@H](OCc2ccccc2)O[C@H](CO)[C@H](N)[C@@H]1O. The first-order valence-electron chi connectivity index (χ1n) is 6.24. The van der Waals surface area contributed by atoms with Gasteiger partial charge in [0.2, 0.25) is 0 Å². The highest BCUT2D eigenvalue weighted by atomic mass is 16.7. The maximum atomic E-state index is 9.89. The first kappa shape index (κ1) is 14.4. The normalized spacial score (nSPS) is 35.3. The summed E-state index contributed by atoms with van der Waals surface area (Å²) >= 11 is 0. The van der Waals surface area contributed by atoms with Crippen molar-refractivity contribution >= 4 is 0 Å². The highest BCUT2D eigenvalue weighted by molar-refractivity contribution is 5.13. The molecule has 0 spiro atoms. The average molecular weight is 268 g/mol. The Labute approximate surface area is 111 Å². The smallest absolute Gasteiger partial charge is 0.176 e. The molecule has 2 rings (SSSR count). The molecule has 106 valence electrons. The van der Waals surface area contributed by atoms with Crippen molar-refractivity contribution < 1.29 is 19.7 Å².